The number of benzene rings is 1. The van der Waals surface area contributed by atoms with Crippen molar-refractivity contribution in [2.75, 3.05) is 13.6 Å². The van der Waals surface area contributed by atoms with E-state index in [0.717, 1.165) is 0 Å². The molecular formula is C15H19N3O2. The molecule has 0 N–H and O–H groups in total. The van der Waals surface area contributed by atoms with Gasteiger partial charge in [-0.15, -0.1) is 0 Å². The summed E-state index contributed by atoms with van der Waals surface area (Å²) in [6.07, 6.45) is 1.26. The first-order chi connectivity index (χ1) is 9.49. The van der Waals surface area contributed by atoms with E-state index in [0.29, 0.717) is 23.4 Å². The first kappa shape index (κ1) is 14.2. The van der Waals surface area contributed by atoms with Crippen molar-refractivity contribution in [3.8, 4) is 0 Å². The van der Waals surface area contributed by atoms with Crippen molar-refractivity contribution in [2.24, 2.45) is 5.92 Å². The molecule has 0 aliphatic rings. The third kappa shape index (κ3) is 3.04. The summed E-state index contributed by atoms with van der Waals surface area (Å²) in [7, 11) is 1.78. The number of nitrogens with zero attached hydrogens (tertiary/aromatic N) is 3. The number of fused-ring (bicyclic) bond motifs is 1. The summed E-state index contributed by atoms with van der Waals surface area (Å²) in [5.74, 6) is 0.405. The minimum absolute atomic E-state index is 0.0139. The standard InChI is InChI=1S/C15H19N3O2/c1-11(2)9-17(3)15(20)10-18-13-7-5-4-6-12(13)14(19)8-16-18/h4-8,11H,9-10H2,1-3H3. The number of para-hydroxylation sites is 1. The molecule has 0 aliphatic heterocycles. The Hall–Kier alpha value is -2.17. The van der Waals surface area contributed by atoms with Crippen LogP contribution in [0.2, 0.25) is 0 Å². The first-order valence-electron chi connectivity index (χ1n) is 6.68. The topological polar surface area (TPSA) is 55.2 Å². The lowest BCUT2D eigenvalue weighted by atomic mass is 10.2. The SMILES string of the molecule is CC(C)CN(C)C(=O)Cn1ncc(=O)c2ccccc21. The highest BCUT2D eigenvalue weighted by molar-refractivity contribution is 5.81. The number of carbonyl (C=O) groups is 1. The summed E-state index contributed by atoms with van der Waals surface area (Å²) in [5.41, 5.74) is 0.561. The summed E-state index contributed by atoms with van der Waals surface area (Å²) in [6, 6.07) is 7.20. The lowest BCUT2D eigenvalue weighted by Crippen LogP contribution is -2.34. The predicted octanol–water partition coefficient (Wildman–Crippen LogP) is 1.51. The Morgan fingerprint density at radius 3 is 2.75 bits per heavy atom. The fourth-order valence-corrected chi connectivity index (χ4v) is 2.19. The van der Waals surface area contributed by atoms with Crippen LogP contribution in [0.5, 0.6) is 0 Å². The van der Waals surface area contributed by atoms with Crippen molar-refractivity contribution < 1.29 is 4.79 Å². The molecule has 1 amide bonds. The van der Waals surface area contributed by atoms with Gasteiger partial charge in [-0.1, -0.05) is 26.0 Å². The van der Waals surface area contributed by atoms with Gasteiger partial charge in [-0.05, 0) is 18.1 Å². The summed E-state index contributed by atoms with van der Waals surface area (Å²) in [5, 5.41) is 4.65. The fraction of sp³-hybridized carbons (Fsp3) is 0.400. The van der Waals surface area contributed by atoms with Crippen LogP contribution in [-0.2, 0) is 11.3 Å². The highest BCUT2D eigenvalue weighted by Gasteiger charge is 2.12. The molecule has 0 saturated heterocycles. The Morgan fingerprint density at radius 2 is 2.05 bits per heavy atom. The van der Waals surface area contributed by atoms with E-state index in [1.54, 1.807) is 34.8 Å². The van der Waals surface area contributed by atoms with Crippen molar-refractivity contribution in [3.63, 3.8) is 0 Å². The van der Waals surface area contributed by atoms with Crippen LogP contribution in [0.25, 0.3) is 10.9 Å². The molecule has 20 heavy (non-hydrogen) atoms. The zero-order valence-electron chi connectivity index (χ0n) is 12.0. The third-order valence-corrected chi connectivity index (χ3v) is 3.11. The summed E-state index contributed by atoms with van der Waals surface area (Å²) in [4.78, 5) is 25.6. The van der Waals surface area contributed by atoms with E-state index in [1.165, 1.54) is 6.20 Å². The Balaban J connectivity index is 2.28. The molecule has 2 aromatic rings. The Kier molecular flexibility index (Phi) is 4.17. The molecule has 0 atom stereocenters. The Morgan fingerprint density at radius 1 is 1.35 bits per heavy atom. The van der Waals surface area contributed by atoms with Crippen molar-refractivity contribution in [3.05, 3.63) is 40.7 Å². The van der Waals surface area contributed by atoms with Crippen molar-refractivity contribution in [1.82, 2.24) is 14.7 Å². The number of likely N-dealkylation sites (N-methyl/N-ethyl adjacent to an activating group) is 1. The van der Waals surface area contributed by atoms with E-state index >= 15 is 0 Å². The molecule has 0 fully saturated rings. The van der Waals surface area contributed by atoms with Gasteiger partial charge in [0.1, 0.15) is 6.54 Å². The number of hydrogen-bond donors (Lipinski definition) is 0. The zero-order valence-corrected chi connectivity index (χ0v) is 12.0. The number of hydrogen-bond acceptors (Lipinski definition) is 3. The molecule has 2 rings (SSSR count). The van der Waals surface area contributed by atoms with E-state index in [1.807, 2.05) is 6.07 Å². The van der Waals surface area contributed by atoms with Crippen LogP contribution in [0, 0.1) is 5.92 Å². The first-order valence-corrected chi connectivity index (χ1v) is 6.68. The minimum Gasteiger partial charge on any atom is -0.344 e. The molecule has 106 valence electrons. The lowest BCUT2D eigenvalue weighted by Gasteiger charge is -2.20. The van der Waals surface area contributed by atoms with Crippen molar-refractivity contribution in [2.45, 2.75) is 20.4 Å². The fourth-order valence-electron chi connectivity index (χ4n) is 2.19. The maximum Gasteiger partial charge on any atom is 0.244 e. The van der Waals surface area contributed by atoms with Gasteiger partial charge in [0, 0.05) is 19.0 Å². The molecule has 0 radical (unpaired) electrons. The van der Waals surface area contributed by atoms with Gasteiger partial charge in [0.05, 0.1) is 11.7 Å². The van der Waals surface area contributed by atoms with Gasteiger partial charge in [-0.2, -0.15) is 5.10 Å². The molecule has 5 heteroatoms. The molecule has 5 nitrogen and oxygen atoms in total. The number of amides is 1. The minimum atomic E-state index is -0.125. The van der Waals surface area contributed by atoms with E-state index in [9.17, 15) is 9.59 Å². The Bertz CT molecular complexity index is 676. The van der Waals surface area contributed by atoms with E-state index in [4.69, 9.17) is 0 Å². The molecule has 0 saturated carbocycles. The summed E-state index contributed by atoms with van der Waals surface area (Å²) < 4.78 is 1.58. The van der Waals surface area contributed by atoms with Gasteiger partial charge >= 0.3 is 0 Å². The number of carbonyl (C=O) groups excluding carboxylic acids is 1. The normalized spacial score (nSPS) is 11.0. The quantitative estimate of drug-likeness (QED) is 0.848. The van der Waals surface area contributed by atoms with Crippen LogP contribution in [0.3, 0.4) is 0 Å². The van der Waals surface area contributed by atoms with Crippen LogP contribution < -0.4 is 5.43 Å². The maximum atomic E-state index is 12.2. The van der Waals surface area contributed by atoms with Gasteiger partial charge in [0.2, 0.25) is 11.3 Å². The molecule has 1 aromatic carbocycles. The lowest BCUT2D eigenvalue weighted by molar-refractivity contribution is -0.131. The largest absolute Gasteiger partial charge is 0.344 e. The van der Waals surface area contributed by atoms with Crippen molar-refractivity contribution >= 4 is 16.8 Å². The highest BCUT2D eigenvalue weighted by Crippen LogP contribution is 2.08. The van der Waals surface area contributed by atoms with Gasteiger partial charge in [0.25, 0.3) is 0 Å². The molecule has 1 aromatic heterocycles. The average Bonchev–Trinajstić information content (AvgIpc) is 2.41. The van der Waals surface area contributed by atoms with Crippen LogP contribution in [0.15, 0.2) is 35.3 Å². The van der Waals surface area contributed by atoms with Gasteiger partial charge < -0.3 is 4.90 Å². The predicted molar refractivity (Wildman–Crippen MR) is 78.5 cm³/mol. The Labute approximate surface area is 117 Å². The second kappa shape index (κ2) is 5.86. The van der Waals surface area contributed by atoms with Crippen LogP contribution in [-0.4, -0.2) is 34.2 Å². The van der Waals surface area contributed by atoms with Gasteiger partial charge in [-0.3, -0.25) is 14.3 Å². The summed E-state index contributed by atoms with van der Waals surface area (Å²) in [6.45, 7) is 4.98. The second-order valence-corrected chi connectivity index (χ2v) is 5.35. The van der Waals surface area contributed by atoms with E-state index in [-0.39, 0.29) is 17.9 Å². The molecule has 0 spiro atoms. The van der Waals surface area contributed by atoms with Crippen LogP contribution in [0.4, 0.5) is 0 Å². The summed E-state index contributed by atoms with van der Waals surface area (Å²) >= 11 is 0. The highest BCUT2D eigenvalue weighted by atomic mass is 16.2. The average molecular weight is 273 g/mol. The molecule has 0 unspecified atom stereocenters. The van der Waals surface area contributed by atoms with Gasteiger partial charge in [-0.25, -0.2) is 0 Å². The smallest absolute Gasteiger partial charge is 0.244 e. The molecule has 1 heterocycles. The van der Waals surface area contributed by atoms with Crippen LogP contribution in [0.1, 0.15) is 13.8 Å². The van der Waals surface area contributed by atoms with Crippen LogP contribution >= 0.6 is 0 Å². The van der Waals surface area contributed by atoms with Crippen molar-refractivity contribution in [1.29, 1.82) is 0 Å². The van der Waals surface area contributed by atoms with E-state index < -0.39 is 0 Å². The molecular weight excluding hydrogens is 254 g/mol. The second-order valence-electron chi connectivity index (χ2n) is 5.35. The molecule has 0 aliphatic carbocycles. The van der Waals surface area contributed by atoms with Gasteiger partial charge in [0.15, 0.2) is 0 Å². The zero-order chi connectivity index (χ0) is 14.7. The van der Waals surface area contributed by atoms with E-state index in [2.05, 4.69) is 18.9 Å². The monoisotopic (exact) mass is 273 g/mol. The number of aromatic nitrogens is 2. The molecule has 0 bridgehead atoms. The maximum absolute atomic E-state index is 12.2. The third-order valence-electron chi connectivity index (χ3n) is 3.11. The number of rotatable bonds is 4.